The van der Waals surface area contributed by atoms with Crippen LogP contribution in [0.3, 0.4) is 0 Å². The molecule has 1 N–H and O–H groups in total. The SMILES string of the molecule is COC(=O)c1ccccc1S(=O)(=O)N1CCc2c(ccnc2Nc2cnc3ccccc3c2)C1. The quantitative estimate of drug-likeness (QED) is 0.438. The summed E-state index contributed by atoms with van der Waals surface area (Å²) >= 11 is 0. The maximum atomic E-state index is 13.4. The molecule has 0 spiro atoms. The highest BCUT2D eigenvalue weighted by molar-refractivity contribution is 7.89. The molecule has 0 fully saturated rings. The number of ether oxygens (including phenoxy) is 1. The number of nitrogens with one attached hydrogen (secondary N) is 1. The molecule has 0 atom stereocenters. The van der Waals surface area contributed by atoms with Crippen molar-refractivity contribution in [2.75, 3.05) is 19.0 Å². The number of pyridine rings is 2. The van der Waals surface area contributed by atoms with E-state index in [0.717, 1.165) is 27.7 Å². The van der Waals surface area contributed by atoms with Gasteiger partial charge in [-0.2, -0.15) is 4.31 Å². The second-order valence-corrected chi connectivity index (χ2v) is 9.82. The summed E-state index contributed by atoms with van der Waals surface area (Å²) < 4.78 is 33.0. The molecule has 0 unspecified atom stereocenters. The number of benzene rings is 2. The average Bonchev–Trinajstić information content (AvgIpc) is 2.88. The molecule has 4 aromatic rings. The molecule has 0 amide bonds. The van der Waals surface area contributed by atoms with Gasteiger partial charge in [-0.15, -0.1) is 0 Å². The van der Waals surface area contributed by atoms with Crippen LogP contribution in [0.4, 0.5) is 11.5 Å². The Kier molecular flexibility index (Phi) is 5.72. The zero-order valence-corrected chi connectivity index (χ0v) is 19.2. The fourth-order valence-corrected chi connectivity index (χ4v) is 5.76. The average molecular weight is 475 g/mol. The first-order chi connectivity index (χ1) is 16.5. The number of aromatic nitrogens is 2. The summed E-state index contributed by atoms with van der Waals surface area (Å²) in [6.45, 7) is 0.446. The number of carbonyl (C=O) groups excluding carboxylic acids is 1. The van der Waals surface area contributed by atoms with E-state index < -0.39 is 16.0 Å². The molecule has 8 nitrogen and oxygen atoms in total. The van der Waals surface area contributed by atoms with Crippen LogP contribution in [0.2, 0.25) is 0 Å². The van der Waals surface area contributed by atoms with E-state index >= 15 is 0 Å². The summed E-state index contributed by atoms with van der Waals surface area (Å²) in [5.74, 6) is -0.00199. The van der Waals surface area contributed by atoms with E-state index in [4.69, 9.17) is 4.74 Å². The summed E-state index contributed by atoms with van der Waals surface area (Å²) in [5.41, 5.74) is 3.56. The Labute approximate surface area is 197 Å². The lowest BCUT2D eigenvalue weighted by atomic mass is 10.0. The van der Waals surface area contributed by atoms with Crippen LogP contribution in [-0.2, 0) is 27.7 Å². The van der Waals surface area contributed by atoms with Crippen LogP contribution in [0.5, 0.6) is 0 Å². The van der Waals surface area contributed by atoms with Crippen LogP contribution in [0.15, 0.2) is 78.0 Å². The molecule has 34 heavy (non-hydrogen) atoms. The molecule has 1 aliphatic rings. The largest absolute Gasteiger partial charge is 0.465 e. The highest BCUT2D eigenvalue weighted by Gasteiger charge is 2.32. The predicted octanol–water partition coefficient (Wildman–Crippen LogP) is 3.91. The van der Waals surface area contributed by atoms with Gasteiger partial charge in [0.2, 0.25) is 10.0 Å². The van der Waals surface area contributed by atoms with Crippen molar-refractivity contribution in [1.82, 2.24) is 14.3 Å². The van der Waals surface area contributed by atoms with Gasteiger partial charge in [0.05, 0.1) is 35.0 Å². The van der Waals surface area contributed by atoms with E-state index in [2.05, 4.69) is 15.3 Å². The van der Waals surface area contributed by atoms with E-state index in [9.17, 15) is 13.2 Å². The third-order valence-electron chi connectivity index (χ3n) is 5.87. The molecule has 1 aliphatic heterocycles. The molecule has 2 aromatic carbocycles. The summed E-state index contributed by atoms with van der Waals surface area (Å²) in [7, 11) is -2.67. The fourth-order valence-electron chi connectivity index (χ4n) is 4.16. The normalized spacial score (nSPS) is 13.9. The van der Waals surface area contributed by atoms with Crippen LogP contribution >= 0.6 is 0 Å². The van der Waals surface area contributed by atoms with Gasteiger partial charge in [0, 0.05) is 30.2 Å². The zero-order valence-electron chi connectivity index (χ0n) is 18.4. The van der Waals surface area contributed by atoms with Gasteiger partial charge in [0.1, 0.15) is 5.82 Å². The molecule has 2 aromatic heterocycles. The lowest BCUT2D eigenvalue weighted by Crippen LogP contribution is -2.37. The van der Waals surface area contributed by atoms with Crippen molar-refractivity contribution in [3.63, 3.8) is 0 Å². The first-order valence-electron chi connectivity index (χ1n) is 10.7. The second-order valence-electron chi connectivity index (χ2n) is 7.92. The van der Waals surface area contributed by atoms with Gasteiger partial charge in [-0.25, -0.2) is 18.2 Å². The van der Waals surface area contributed by atoms with Crippen molar-refractivity contribution >= 4 is 38.4 Å². The summed E-state index contributed by atoms with van der Waals surface area (Å²) in [6, 6.07) is 17.8. The molecule has 5 rings (SSSR count). The molecular formula is C25H22N4O4S. The fraction of sp³-hybridized carbons (Fsp3) is 0.160. The predicted molar refractivity (Wildman–Crippen MR) is 128 cm³/mol. The number of fused-ring (bicyclic) bond motifs is 2. The number of carbonyl (C=O) groups is 1. The summed E-state index contributed by atoms with van der Waals surface area (Å²) in [5, 5.41) is 4.35. The molecule has 0 bridgehead atoms. The molecule has 3 heterocycles. The Morgan fingerprint density at radius 3 is 2.71 bits per heavy atom. The number of hydrogen-bond acceptors (Lipinski definition) is 7. The van der Waals surface area contributed by atoms with Gasteiger partial charge in [-0.05, 0) is 42.3 Å². The number of para-hydroxylation sites is 1. The molecule has 0 aliphatic carbocycles. The molecule has 9 heteroatoms. The highest BCUT2D eigenvalue weighted by Crippen LogP contribution is 2.31. The maximum Gasteiger partial charge on any atom is 0.339 e. The van der Waals surface area contributed by atoms with Crippen LogP contribution < -0.4 is 5.32 Å². The van der Waals surface area contributed by atoms with E-state index in [0.29, 0.717) is 12.2 Å². The van der Waals surface area contributed by atoms with Crippen LogP contribution in [0, 0.1) is 0 Å². The Bertz CT molecular complexity index is 1500. The Hall–Kier alpha value is -3.82. The second kappa shape index (κ2) is 8.85. The lowest BCUT2D eigenvalue weighted by Gasteiger charge is -2.29. The number of sulfonamides is 1. The highest BCUT2D eigenvalue weighted by atomic mass is 32.2. The lowest BCUT2D eigenvalue weighted by molar-refractivity contribution is 0.0596. The van der Waals surface area contributed by atoms with Crippen LogP contribution in [0.25, 0.3) is 10.9 Å². The van der Waals surface area contributed by atoms with Crippen molar-refractivity contribution < 1.29 is 17.9 Å². The molecule has 0 saturated carbocycles. The topological polar surface area (TPSA) is 101 Å². The number of nitrogens with zero attached hydrogens (tertiary/aromatic N) is 3. The minimum Gasteiger partial charge on any atom is -0.465 e. The number of esters is 1. The third kappa shape index (κ3) is 4.00. The molecule has 0 saturated heterocycles. The van der Waals surface area contributed by atoms with Crippen molar-refractivity contribution in [3.8, 4) is 0 Å². The number of methoxy groups -OCH3 is 1. The zero-order chi connectivity index (χ0) is 23.7. The third-order valence-corrected chi connectivity index (χ3v) is 7.78. The standard InChI is InChI=1S/C25H22N4O4S/c1-33-25(30)21-7-3-5-9-23(21)34(31,32)29-13-11-20-18(16-29)10-12-26-24(20)28-19-14-17-6-2-4-8-22(17)27-15-19/h2-10,12,14-15H,11,13,16H2,1H3,(H,26,28). The first-order valence-corrected chi connectivity index (χ1v) is 12.2. The molecular weight excluding hydrogens is 452 g/mol. The van der Waals surface area contributed by atoms with Crippen molar-refractivity contribution in [1.29, 1.82) is 0 Å². The van der Waals surface area contributed by atoms with E-state index in [1.54, 1.807) is 24.5 Å². The van der Waals surface area contributed by atoms with Crippen LogP contribution in [-0.4, -0.2) is 42.3 Å². The number of rotatable bonds is 5. The Morgan fingerprint density at radius 1 is 1.06 bits per heavy atom. The minimum absolute atomic E-state index is 0.0247. The summed E-state index contributed by atoms with van der Waals surface area (Å²) in [6.07, 6.45) is 3.90. The van der Waals surface area contributed by atoms with Crippen molar-refractivity contribution in [3.05, 3.63) is 89.7 Å². The summed E-state index contributed by atoms with van der Waals surface area (Å²) in [4.78, 5) is 21.1. The van der Waals surface area contributed by atoms with Crippen molar-refractivity contribution in [2.45, 2.75) is 17.9 Å². The monoisotopic (exact) mass is 474 g/mol. The first kappa shape index (κ1) is 22.0. The van der Waals surface area contributed by atoms with E-state index in [1.165, 1.54) is 23.5 Å². The minimum atomic E-state index is -3.90. The van der Waals surface area contributed by atoms with Gasteiger partial charge in [0.25, 0.3) is 0 Å². The van der Waals surface area contributed by atoms with Gasteiger partial charge in [-0.1, -0.05) is 30.3 Å². The maximum absolute atomic E-state index is 13.4. The van der Waals surface area contributed by atoms with Gasteiger partial charge >= 0.3 is 5.97 Å². The van der Waals surface area contributed by atoms with Gasteiger partial charge < -0.3 is 10.1 Å². The van der Waals surface area contributed by atoms with E-state index in [-0.39, 0.29) is 23.5 Å². The smallest absolute Gasteiger partial charge is 0.339 e. The molecule has 0 radical (unpaired) electrons. The Morgan fingerprint density at radius 2 is 1.85 bits per heavy atom. The number of hydrogen-bond donors (Lipinski definition) is 1. The number of anilines is 2. The van der Waals surface area contributed by atoms with E-state index in [1.807, 2.05) is 36.4 Å². The molecule has 172 valence electrons. The van der Waals surface area contributed by atoms with Gasteiger partial charge in [0.15, 0.2) is 0 Å². The Balaban J connectivity index is 1.43. The van der Waals surface area contributed by atoms with Crippen LogP contribution in [0.1, 0.15) is 21.5 Å². The van der Waals surface area contributed by atoms with Crippen molar-refractivity contribution in [2.24, 2.45) is 0 Å². The van der Waals surface area contributed by atoms with Gasteiger partial charge in [-0.3, -0.25) is 4.98 Å².